The highest BCUT2D eigenvalue weighted by atomic mass is 32.2. The second kappa shape index (κ2) is 5.23. The molecular formula is C6H10N4OS2. The van der Waals surface area contributed by atoms with Gasteiger partial charge in [0.15, 0.2) is 5.12 Å². The van der Waals surface area contributed by atoms with Gasteiger partial charge in [-0.05, 0) is 16.8 Å². The summed E-state index contributed by atoms with van der Waals surface area (Å²) in [6.45, 7) is 0. The molecule has 1 aromatic heterocycles. The van der Waals surface area contributed by atoms with Gasteiger partial charge < -0.3 is 0 Å². The Labute approximate surface area is 85.7 Å². The first-order valence-corrected chi connectivity index (χ1v) is 5.20. The summed E-state index contributed by atoms with van der Waals surface area (Å²) in [7, 11) is 1.78. The van der Waals surface area contributed by atoms with Crippen LogP contribution in [-0.2, 0) is 11.8 Å². The fourth-order valence-electron chi connectivity index (χ4n) is 0.730. The van der Waals surface area contributed by atoms with Crippen LogP contribution in [0.5, 0.6) is 0 Å². The lowest BCUT2D eigenvalue weighted by Gasteiger charge is -1.96. The van der Waals surface area contributed by atoms with E-state index in [1.165, 1.54) is 11.8 Å². The fourth-order valence-corrected chi connectivity index (χ4v) is 1.68. The fraction of sp³-hybridized carbons (Fsp3) is 0.667. The standard InChI is InChI=1S/C6H10N4OS2/c1-10-6(7-8-9-10)13-4-2-3-5(11)12/h2-4H2,1H3,(H,11,12). The summed E-state index contributed by atoms with van der Waals surface area (Å²) in [5.74, 6) is 0.834. The third-order valence-electron chi connectivity index (χ3n) is 1.35. The molecule has 13 heavy (non-hydrogen) atoms. The van der Waals surface area contributed by atoms with E-state index in [4.69, 9.17) is 0 Å². The maximum atomic E-state index is 10.5. The monoisotopic (exact) mass is 218 g/mol. The van der Waals surface area contributed by atoms with E-state index in [2.05, 4.69) is 28.2 Å². The molecule has 0 saturated heterocycles. The van der Waals surface area contributed by atoms with Gasteiger partial charge in [-0.3, -0.25) is 4.79 Å². The van der Waals surface area contributed by atoms with Gasteiger partial charge in [0.1, 0.15) is 0 Å². The number of hydrogen-bond donors (Lipinski definition) is 1. The van der Waals surface area contributed by atoms with Gasteiger partial charge in [-0.15, -0.1) is 17.7 Å². The van der Waals surface area contributed by atoms with Crippen molar-refractivity contribution < 1.29 is 4.79 Å². The number of hydrogen-bond acceptors (Lipinski definition) is 5. The van der Waals surface area contributed by atoms with E-state index >= 15 is 0 Å². The molecule has 72 valence electrons. The average Bonchev–Trinajstić information content (AvgIpc) is 2.45. The molecule has 0 fully saturated rings. The number of aryl methyl sites for hydroxylation is 1. The predicted molar refractivity (Wildman–Crippen MR) is 52.7 cm³/mol. The van der Waals surface area contributed by atoms with E-state index in [-0.39, 0.29) is 5.12 Å². The Kier molecular flexibility index (Phi) is 4.23. The average molecular weight is 218 g/mol. The van der Waals surface area contributed by atoms with Gasteiger partial charge in [-0.1, -0.05) is 11.8 Å². The first-order chi connectivity index (χ1) is 6.20. The first-order valence-electron chi connectivity index (χ1n) is 3.77. The van der Waals surface area contributed by atoms with Crippen LogP contribution in [0.3, 0.4) is 0 Å². The number of carbonyl (C=O) groups is 1. The molecule has 0 radical (unpaired) electrons. The summed E-state index contributed by atoms with van der Waals surface area (Å²) >= 11 is 5.21. The maximum Gasteiger partial charge on any atom is 0.209 e. The Morgan fingerprint density at radius 3 is 3.00 bits per heavy atom. The predicted octanol–water partition coefficient (Wildman–Crippen LogP) is 0.539. The summed E-state index contributed by atoms with van der Waals surface area (Å²) in [6, 6.07) is 0. The second-order valence-corrected chi connectivity index (χ2v) is 3.99. The molecular weight excluding hydrogens is 208 g/mol. The van der Waals surface area contributed by atoms with Crippen molar-refractivity contribution >= 4 is 29.5 Å². The van der Waals surface area contributed by atoms with Gasteiger partial charge in [0, 0.05) is 19.2 Å². The normalized spacial score (nSPS) is 10.3. The summed E-state index contributed by atoms with van der Waals surface area (Å²) < 4.78 is 1.60. The van der Waals surface area contributed by atoms with Gasteiger partial charge >= 0.3 is 0 Å². The minimum atomic E-state index is -0.0725. The van der Waals surface area contributed by atoms with Gasteiger partial charge in [-0.2, -0.15) is 0 Å². The van der Waals surface area contributed by atoms with E-state index in [0.717, 1.165) is 17.3 Å². The number of rotatable bonds is 5. The molecule has 0 atom stereocenters. The lowest BCUT2D eigenvalue weighted by molar-refractivity contribution is -0.110. The molecule has 1 rings (SSSR count). The van der Waals surface area contributed by atoms with Gasteiger partial charge in [-0.25, -0.2) is 4.68 Å². The molecule has 7 heteroatoms. The molecule has 0 aliphatic carbocycles. The highest BCUT2D eigenvalue weighted by Crippen LogP contribution is 2.14. The van der Waals surface area contributed by atoms with Crippen LogP contribution in [0.15, 0.2) is 5.16 Å². The largest absolute Gasteiger partial charge is 0.288 e. The van der Waals surface area contributed by atoms with Crippen molar-refractivity contribution in [2.45, 2.75) is 18.0 Å². The molecule has 0 aliphatic heterocycles. The first kappa shape index (κ1) is 10.5. The maximum absolute atomic E-state index is 10.5. The zero-order valence-electron chi connectivity index (χ0n) is 7.17. The molecule has 0 unspecified atom stereocenters. The molecule has 0 aliphatic rings. The second-order valence-electron chi connectivity index (χ2n) is 2.43. The molecule has 5 nitrogen and oxygen atoms in total. The van der Waals surface area contributed by atoms with Crippen LogP contribution in [0.2, 0.25) is 0 Å². The summed E-state index contributed by atoms with van der Waals surface area (Å²) in [5, 5.41) is 11.7. The Hall–Kier alpha value is -0.560. The van der Waals surface area contributed by atoms with Crippen LogP contribution in [-0.4, -0.2) is 31.1 Å². The lowest BCUT2D eigenvalue weighted by Crippen LogP contribution is -1.94. The summed E-state index contributed by atoms with van der Waals surface area (Å²) in [6.07, 6.45) is 1.31. The van der Waals surface area contributed by atoms with Gasteiger partial charge in [0.05, 0.1) is 0 Å². The summed E-state index contributed by atoms with van der Waals surface area (Å²) in [5.41, 5.74) is 0. The van der Waals surface area contributed by atoms with Crippen LogP contribution in [0.4, 0.5) is 0 Å². The third kappa shape index (κ3) is 3.77. The van der Waals surface area contributed by atoms with Crippen molar-refractivity contribution in [2.24, 2.45) is 7.05 Å². The van der Waals surface area contributed by atoms with Crippen molar-refractivity contribution in [1.82, 2.24) is 20.2 Å². The van der Waals surface area contributed by atoms with Gasteiger partial charge in [0.2, 0.25) is 5.16 Å². The zero-order chi connectivity index (χ0) is 9.68. The van der Waals surface area contributed by atoms with Crippen LogP contribution in [0, 0.1) is 0 Å². The van der Waals surface area contributed by atoms with E-state index in [9.17, 15) is 4.79 Å². The minimum Gasteiger partial charge on any atom is -0.288 e. The van der Waals surface area contributed by atoms with Crippen molar-refractivity contribution in [1.29, 1.82) is 0 Å². The van der Waals surface area contributed by atoms with Crippen molar-refractivity contribution in [2.75, 3.05) is 5.75 Å². The molecule has 0 N–H and O–H groups in total. The molecule has 1 heterocycles. The quantitative estimate of drug-likeness (QED) is 0.444. The minimum absolute atomic E-state index is 0.0725. The number of aromatic nitrogens is 4. The Morgan fingerprint density at radius 1 is 1.69 bits per heavy atom. The smallest absolute Gasteiger partial charge is 0.209 e. The number of tetrazole rings is 1. The van der Waals surface area contributed by atoms with Gasteiger partial charge in [0.25, 0.3) is 0 Å². The number of thiol groups is 1. The highest BCUT2D eigenvalue weighted by molar-refractivity contribution is 7.99. The van der Waals surface area contributed by atoms with Crippen LogP contribution >= 0.6 is 24.4 Å². The van der Waals surface area contributed by atoms with E-state index < -0.39 is 0 Å². The lowest BCUT2D eigenvalue weighted by atomic mass is 10.4. The van der Waals surface area contributed by atoms with E-state index in [1.54, 1.807) is 11.7 Å². The van der Waals surface area contributed by atoms with Crippen LogP contribution < -0.4 is 0 Å². The molecule has 0 aromatic carbocycles. The topological polar surface area (TPSA) is 60.7 Å². The van der Waals surface area contributed by atoms with E-state index in [1.807, 2.05) is 0 Å². The molecule has 0 bridgehead atoms. The highest BCUT2D eigenvalue weighted by Gasteiger charge is 2.02. The number of thioether (sulfide) groups is 1. The molecule has 0 amide bonds. The van der Waals surface area contributed by atoms with Crippen molar-refractivity contribution in [3.63, 3.8) is 0 Å². The van der Waals surface area contributed by atoms with Crippen molar-refractivity contribution in [3.05, 3.63) is 0 Å². The Morgan fingerprint density at radius 2 is 2.46 bits per heavy atom. The Bertz CT molecular complexity index is 288. The summed E-state index contributed by atoms with van der Waals surface area (Å²) in [4.78, 5) is 10.5. The van der Waals surface area contributed by atoms with Crippen molar-refractivity contribution in [3.8, 4) is 0 Å². The molecule has 0 saturated carbocycles. The Balaban J connectivity index is 2.20. The molecule has 1 aromatic rings. The van der Waals surface area contributed by atoms with E-state index in [0.29, 0.717) is 6.42 Å². The van der Waals surface area contributed by atoms with Crippen LogP contribution in [0.25, 0.3) is 0 Å². The third-order valence-corrected chi connectivity index (χ3v) is 2.67. The number of nitrogens with zero attached hydrogens (tertiary/aromatic N) is 4. The number of carbonyl (C=O) groups excluding carboxylic acids is 1. The zero-order valence-corrected chi connectivity index (χ0v) is 8.88. The molecule has 0 spiro atoms. The SMILES string of the molecule is Cn1nnnc1SCCCC(=O)S. The van der Waals surface area contributed by atoms with Crippen LogP contribution in [0.1, 0.15) is 12.8 Å².